The number of likely N-dealkylation sites (tertiary alicyclic amines) is 1. The number of rotatable bonds is 6. The summed E-state index contributed by atoms with van der Waals surface area (Å²) in [6.45, 7) is 4.79. The van der Waals surface area contributed by atoms with Crippen LogP contribution < -0.4 is 0 Å². The van der Waals surface area contributed by atoms with Crippen molar-refractivity contribution in [2.24, 2.45) is 0 Å². The molecule has 164 valence electrons. The van der Waals surface area contributed by atoms with Crippen molar-refractivity contribution in [2.75, 3.05) is 6.54 Å². The number of carbonyl (C=O) groups is 2. The maximum absolute atomic E-state index is 13.1. The highest BCUT2D eigenvalue weighted by molar-refractivity contribution is 6.46. The third-order valence-corrected chi connectivity index (χ3v) is 5.96. The summed E-state index contributed by atoms with van der Waals surface area (Å²) in [5.41, 5.74) is 3.10. The van der Waals surface area contributed by atoms with Crippen LogP contribution in [0.25, 0.3) is 5.76 Å². The first-order valence-electron chi connectivity index (χ1n) is 10.4. The number of benzene rings is 2. The van der Waals surface area contributed by atoms with Gasteiger partial charge in [-0.25, -0.2) is 4.98 Å². The zero-order chi connectivity index (χ0) is 22.8. The normalized spacial score (nSPS) is 17.8. The van der Waals surface area contributed by atoms with Crippen LogP contribution in [0.4, 0.5) is 0 Å². The Hall–Kier alpha value is -3.38. The van der Waals surface area contributed by atoms with Crippen molar-refractivity contribution in [3.8, 4) is 0 Å². The lowest BCUT2D eigenvalue weighted by molar-refractivity contribution is -0.139. The third-order valence-electron chi connectivity index (χ3n) is 5.73. The average molecular weight is 450 g/mol. The van der Waals surface area contributed by atoms with E-state index < -0.39 is 17.7 Å². The molecule has 1 unspecified atom stereocenters. The summed E-state index contributed by atoms with van der Waals surface area (Å²) < 4.78 is 1.92. The van der Waals surface area contributed by atoms with E-state index in [1.54, 1.807) is 30.7 Å². The number of nitrogens with zero attached hydrogens (tertiary/aromatic N) is 3. The van der Waals surface area contributed by atoms with Crippen molar-refractivity contribution < 1.29 is 14.7 Å². The Bertz CT molecular complexity index is 1200. The number of Topliss-reactive ketones (excluding diaryl/α,β-unsaturated/α-hetero) is 1. The molecule has 1 amide bonds. The summed E-state index contributed by atoms with van der Waals surface area (Å²) in [5, 5.41) is 11.7. The van der Waals surface area contributed by atoms with Crippen LogP contribution in [0.5, 0.6) is 0 Å². The predicted octanol–water partition coefficient (Wildman–Crippen LogP) is 4.67. The molecule has 1 aliphatic rings. The molecule has 3 aromatic rings. The quantitative estimate of drug-likeness (QED) is 0.337. The number of halogens is 1. The van der Waals surface area contributed by atoms with Crippen molar-refractivity contribution in [1.29, 1.82) is 0 Å². The molecule has 7 heteroatoms. The first kappa shape index (κ1) is 21.8. The lowest BCUT2D eigenvalue weighted by Crippen LogP contribution is -2.31. The largest absolute Gasteiger partial charge is 0.507 e. The van der Waals surface area contributed by atoms with Gasteiger partial charge in [-0.15, -0.1) is 0 Å². The van der Waals surface area contributed by atoms with Crippen LogP contribution in [0.3, 0.4) is 0 Å². The zero-order valence-corrected chi connectivity index (χ0v) is 18.7. The first-order valence-corrected chi connectivity index (χ1v) is 10.8. The predicted molar refractivity (Wildman–Crippen MR) is 123 cm³/mol. The number of ketones is 1. The summed E-state index contributed by atoms with van der Waals surface area (Å²) in [4.78, 5) is 31.7. The Balaban J connectivity index is 1.78. The molecule has 32 heavy (non-hydrogen) atoms. The van der Waals surface area contributed by atoms with Gasteiger partial charge in [0, 0.05) is 36.1 Å². The summed E-state index contributed by atoms with van der Waals surface area (Å²) in [6, 6.07) is 12.0. The van der Waals surface area contributed by atoms with E-state index in [-0.39, 0.29) is 11.3 Å². The maximum atomic E-state index is 13.1. The van der Waals surface area contributed by atoms with Crippen LogP contribution in [0, 0.1) is 13.8 Å². The van der Waals surface area contributed by atoms with Crippen LogP contribution in [0.2, 0.25) is 5.02 Å². The van der Waals surface area contributed by atoms with Crippen molar-refractivity contribution in [3.05, 3.63) is 94.0 Å². The van der Waals surface area contributed by atoms with Crippen molar-refractivity contribution in [2.45, 2.75) is 32.9 Å². The van der Waals surface area contributed by atoms with E-state index in [1.807, 2.05) is 48.9 Å². The second-order valence-electron chi connectivity index (χ2n) is 8.02. The topological polar surface area (TPSA) is 75.4 Å². The lowest BCUT2D eigenvalue weighted by atomic mass is 9.93. The van der Waals surface area contributed by atoms with Crippen molar-refractivity contribution in [3.63, 3.8) is 0 Å². The van der Waals surface area contributed by atoms with E-state index in [4.69, 9.17) is 11.6 Å². The molecule has 1 aliphatic heterocycles. The molecule has 1 aromatic heterocycles. The Labute approximate surface area is 191 Å². The van der Waals surface area contributed by atoms with Crippen LogP contribution in [0.1, 0.15) is 34.7 Å². The molecule has 1 fully saturated rings. The van der Waals surface area contributed by atoms with E-state index in [0.717, 1.165) is 11.1 Å². The van der Waals surface area contributed by atoms with Crippen LogP contribution in [-0.4, -0.2) is 37.8 Å². The summed E-state index contributed by atoms with van der Waals surface area (Å²) >= 11 is 6.23. The fourth-order valence-corrected chi connectivity index (χ4v) is 4.31. The van der Waals surface area contributed by atoms with Gasteiger partial charge in [-0.2, -0.15) is 0 Å². The Morgan fingerprint density at radius 1 is 1.12 bits per heavy atom. The molecular weight excluding hydrogens is 426 g/mol. The second-order valence-corrected chi connectivity index (χ2v) is 8.46. The van der Waals surface area contributed by atoms with Crippen molar-refractivity contribution in [1.82, 2.24) is 14.5 Å². The van der Waals surface area contributed by atoms with Gasteiger partial charge in [-0.1, -0.05) is 41.4 Å². The number of hydrogen-bond donors (Lipinski definition) is 1. The number of hydrogen-bond acceptors (Lipinski definition) is 4. The molecule has 0 aliphatic carbocycles. The van der Waals surface area contributed by atoms with Gasteiger partial charge in [0.05, 0.1) is 17.9 Å². The van der Waals surface area contributed by atoms with Gasteiger partial charge in [0.15, 0.2) is 0 Å². The molecule has 1 saturated heterocycles. The molecule has 0 spiro atoms. The zero-order valence-electron chi connectivity index (χ0n) is 18.0. The number of aliphatic hydroxyl groups excluding tert-OH is 1. The smallest absolute Gasteiger partial charge is 0.295 e. The summed E-state index contributed by atoms with van der Waals surface area (Å²) in [5.74, 6) is -1.46. The molecule has 1 N–H and O–H groups in total. The van der Waals surface area contributed by atoms with E-state index in [1.165, 1.54) is 4.90 Å². The van der Waals surface area contributed by atoms with Gasteiger partial charge >= 0.3 is 0 Å². The fourth-order valence-electron chi connectivity index (χ4n) is 4.11. The van der Waals surface area contributed by atoms with Crippen molar-refractivity contribution >= 4 is 29.1 Å². The average Bonchev–Trinajstić information content (AvgIpc) is 3.37. The third kappa shape index (κ3) is 4.18. The minimum atomic E-state index is -0.712. The van der Waals surface area contributed by atoms with Crippen LogP contribution in [0.15, 0.2) is 66.8 Å². The summed E-state index contributed by atoms with van der Waals surface area (Å²) in [7, 11) is 0. The highest BCUT2D eigenvalue weighted by atomic mass is 35.5. The Morgan fingerprint density at radius 3 is 2.66 bits per heavy atom. The number of aromatic nitrogens is 2. The lowest BCUT2D eigenvalue weighted by Gasteiger charge is -2.25. The molecular formula is C25H24ClN3O3. The molecule has 2 heterocycles. The van der Waals surface area contributed by atoms with E-state index in [2.05, 4.69) is 4.98 Å². The van der Waals surface area contributed by atoms with E-state index in [9.17, 15) is 14.7 Å². The SMILES string of the molecule is Cc1ccc(C)c(/C(O)=C2/C(=O)C(=O)N(CCCn3ccnc3)C2c2cccc(Cl)c2)c1. The van der Waals surface area contributed by atoms with Gasteiger partial charge in [0.25, 0.3) is 11.7 Å². The van der Waals surface area contributed by atoms with Gasteiger partial charge in [-0.3, -0.25) is 9.59 Å². The minimum absolute atomic E-state index is 0.0913. The van der Waals surface area contributed by atoms with Crippen LogP contribution in [-0.2, 0) is 16.1 Å². The molecule has 4 rings (SSSR count). The van der Waals surface area contributed by atoms with Gasteiger partial charge < -0.3 is 14.6 Å². The van der Waals surface area contributed by atoms with E-state index >= 15 is 0 Å². The highest BCUT2D eigenvalue weighted by Crippen LogP contribution is 2.40. The number of aliphatic hydroxyl groups is 1. The maximum Gasteiger partial charge on any atom is 0.295 e. The number of amides is 1. The standard InChI is InChI=1S/C25H24ClN3O3/c1-16-7-8-17(2)20(13-16)23(30)21-22(18-5-3-6-19(26)14-18)29(25(32)24(21)31)11-4-10-28-12-9-27-15-28/h3,5-9,12-15,22,30H,4,10-11H2,1-2H3/b23-21-. The summed E-state index contributed by atoms with van der Waals surface area (Å²) in [6.07, 6.45) is 5.89. The molecule has 0 saturated carbocycles. The van der Waals surface area contributed by atoms with E-state index in [0.29, 0.717) is 35.7 Å². The van der Waals surface area contributed by atoms with Gasteiger partial charge in [-0.05, 0) is 49.6 Å². The van der Waals surface area contributed by atoms with Gasteiger partial charge in [0.2, 0.25) is 0 Å². The molecule has 6 nitrogen and oxygen atoms in total. The molecule has 0 bridgehead atoms. The Morgan fingerprint density at radius 2 is 1.94 bits per heavy atom. The number of imidazole rings is 1. The Kier molecular flexibility index (Phi) is 6.15. The monoisotopic (exact) mass is 449 g/mol. The fraction of sp³-hybridized carbons (Fsp3) is 0.240. The molecule has 0 radical (unpaired) electrons. The van der Waals surface area contributed by atoms with Gasteiger partial charge in [0.1, 0.15) is 5.76 Å². The molecule has 2 aromatic carbocycles. The highest BCUT2D eigenvalue weighted by Gasteiger charge is 2.45. The number of carbonyl (C=O) groups excluding carboxylic acids is 2. The second kappa shape index (κ2) is 9.01. The molecule has 1 atom stereocenters. The minimum Gasteiger partial charge on any atom is -0.507 e. The number of aryl methyl sites for hydroxylation is 3. The first-order chi connectivity index (χ1) is 15.4. The van der Waals surface area contributed by atoms with Crippen LogP contribution >= 0.6 is 11.6 Å².